The zero-order valence-electron chi connectivity index (χ0n) is 13.7. The Kier molecular flexibility index (Phi) is 4.97. The van der Waals surface area contributed by atoms with Crippen molar-refractivity contribution in [2.24, 2.45) is 5.92 Å². The normalized spacial score (nSPS) is 20.3. The van der Waals surface area contributed by atoms with Gasteiger partial charge in [0.2, 0.25) is 5.91 Å². The minimum Gasteiger partial charge on any atom is -0.481 e. The van der Waals surface area contributed by atoms with E-state index >= 15 is 0 Å². The van der Waals surface area contributed by atoms with Crippen LogP contribution in [0.2, 0.25) is 0 Å². The van der Waals surface area contributed by atoms with Crippen LogP contribution in [0.1, 0.15) is 23.5 Å². The second-order valence-corrected chi connectivity index (χ2v) is 6.30. The number of hydrogen-bond donors (Lipinski definition) is 1. The van der Waals surface area contributed by atoms with Gasteiger partial charge in [-0.3, -0.25) is 9.59 Å². The fourth-order valence-electron chi connectivity index (χ4n) is 3.28. The highest BCUT2D eigenvalue weighted by molar-refractivity contribution is 5.82. The van der Waals surface area contributed by atoms with Gasteiger partial charge in [-0.05, 0) is 17.2 Å². The molecule has 1 N–H and O–H groups in total. The fourth-order valence-corrected chi connectivity index (χ4v) is 3.28. The topological polar surface area (TPSA) is 57.6 Å². The number of benzene rings is 2. The molecule has 0 bridgehead atoms. The first kappa shape index (κ1) is 18.0. The summed E-state index contributed by atoms with van der Waals surface area (Å²) in [5.74, 6) is -7.43. The Morgan fingerprint density at radius 3 is 2.38 bits per heavy atom. The highest BCUT2D eigenvalue weighted by atomic mass is 19.2. The van der Waals surface area contributed by atoms with Crippen LogP contribution in [0.5, 0.6) is 0 Å². The molecule has 0 radical (unpaired) electrons. The van der Waals surface area contributed by atoms with Gasteiger partial charge in [-0.15, -0.1) is 0 Å². The highest BCUT2D eigenvalue weighted by Gasteiger charge is 2.40. The summed E-state index contributed by atoms with van der Waals surface area (Å²) in [6, 6.07) is 10.1. The molecular weight excluding hydrogens is 347 g/mol. The summed E-state index contributed by atoms with van der Waals surface area (Å²) in [5.41, 5.74) is 0.548. The monoisotopic (exact) mass is 363 g/mol. The summed E-state index contributed by atoms with van der Waals surface area (Å²) < 4.78 is 40.8. The van der Waals surface area contributed by atoms with Gasteiger partial charge >= 0.3 is 5.97 Å². The molecule has 4 nitrogen and oxygen atoms in total. The van der Waals surface area contributed by atoms with Crippen LogP contribution in [-0.4, -0.2) is 28.4 Å². The predicted molar refractivity (Wildman–Crippen MR) is 86.7 cm³/mol. The Balaban J connectivity index is 1.89. The third-order valence-electron chi connectivity index (χ3n) is 4.62. The van der Waals surface area contributed by atoms with Crippen molar-refractivity contribution >= 4 is 11.9 Å². The Bertz CT molecular complexity index is 841. The molecule has 1 aliphatic heterocycles. The van der Waals surface area contributed by atoms with E-state index in [0.29, 0.717) is 12.1 Å². The van der Waals surface area contributed by atoms with Gasteiger partial charge in [0.05, 0.1) is 5.92 Å². The van der Waals surface area contributed by atoms with Crippen molar-refractivity contribution in [1.82, 2.24) is 4.90 Å². The Hall–Kier alpha value is -2.83. The average molecular weight is 363 g/mol. The summed E-state index contributed by atoms with van der Waals surface area (Å²) in [4.78, 5) is 25.5. The van der Waals surface area contributed by atoms with Crippen LogP contribution in [0.4, 0.5) is 13.2 Å². The van der Waals surface area contributed by atoms with E-state index in [1.54, 1.807) is 12.1 Å². The molecule has 0 saturated carbocycles. The van der Waals surface area contributed by atoms with Gasteiger partial charge in [0, 0.05) is 31.5 Å². The van der Waals surface area contributed by atoms with Crippen LogP contribution in [0.25, 0.3) is 0 Å². The Morgan fingerprint density at radius 2 is 1.73 bits per heavy atom. The summed E-state index contributed by atoms with van der Waals surface area (Å²) in [6.07, 6.45) is -0.286. The van der Waals surface area contributed by atoms with E-state index in [-0.39, 0.29) is 31.0 Å². The molecule has 7 heteroatoms. The largest absolute Gasteiger partial charge is 0.481 e. The number of aliphatic carboxylic acids is 1. The van der Waals surface area contributed by atoms with Crippen LogP contribution < -0.4 is 0 Å². The molecule has 0 spiro atoms. The summed E-state index contributed by atoms with van der Waals surface area (Å²) in [6.45, 7) is 0.0998. The summed E-state index contributed by atoms with van der Waals surface area (Å²) >= 11 is 0. The zero-order valence-corrected chi connectivity index (χ0v) is 13.7. The molecule has 1 saturated heterocycles. The Labute approximate surface area is 147 Å². The van der Waals surface area contributed by atoms with Crippen molar-refractivity contribution < 1.29 is 27.9 Å². The lowest BCUT2D eigenvalue weighted by molar-refractivity contribution is -0.149. The molecule has 0 aromatic heterocycles. The van der Waals surface area contributed by atoms with Crippen molar-refractivity contribution in [3.8, 4) is 0 Å². The van der Waals surface area contributed by atoms with Crippen LogP contribution in [-0.2, 0) is 16.1 Å². The first-order valence-electron chi connectivity index (χ1n) is 8.05. The van der Waals surface area contributed by atoms with Crippen molar-refractivity contribution in [3.05, 3.63) is 71.0 Å². The molecule has 0 aliphatic carbocycles. The minimum absolute atomic E-state index is 0.133. The van der Waals surface area contributed by atoms with E-state index in [0.717, 1.165) is 5.56 Å². The van der Waals surface area contributed by atoms with Gasteiger partial charge in [-0.1, -0.05) is 30.3 Å². The molecule has 136 valence electrons. The average Bonchev–Trinajstić information content (AvgIpc) is 2.60. The fraction of sp³-hybridized carbons (Fsp3) is 0.263. The quantitative estimate of drug-likeness (QED) is 0.848. The van der Waals surface area contributed by atoms with Gasteiger partial charge in [0.15, 0.2) is 11.6 Å². The van der Waals surface area contributed by atoms with E-state index in [9.17, 15) is 27.9 Å². The van der Waals surface area contributed by atoms with Gasteiger partial charge < -0.3 is 10.0 Å². The molecule has 3 rings (SSSR count). The molecule has 1 fully saturated rings. The standard InChI is InChI=1S/C19H16F3NO3/c20-15-8-17(22)16(21)6-13(15)12-7-18(24)23(10-14(12)19(25)26)9-11-4-2-1-3-5-11/h1-6,8,12,14H,7,9-10H2,(H,25,26)/t12-,14+/m0/s1. The highest BCUT2D eigenvalue weighted by Crippen LogP contribution is 2.36. The number of nitrogens with zero attached hydrogens (tertiary/aromatic N) is 1. The molecule has 1 aliphatic rings. The van der Waals surface area contributed by atoms with Gasteiger partial charge in [-0.25, -0.2) is 13.2 Å². The lowest BCUT2D eigenvalue weighted by Crippen LogP contribution is -2.46. The number of carbonyl (C=O) groups excluding carboxylic acids is 1. The van der Waals surface area contributed by atoms with Gasteiger partial charge in [-0.2, -0.15) is 0 Å². The first-order chi connectivity index (χ1) is 12.4. The smallest absolute Gasteiger partial charge is 0.308 e. The number of piperidine rings is 1. The van der Waals surface area contributed by atoms with Gasteiger partial charge in [0.25, 0.3) is 0 Å². The van der Waals surface area contributed by atoms with Crippen molar-refractivity contribution in [3.63, 3.8) is 0 Å². The number of carbonyl (C=O) groups is 2. The van der Waals surface area contributed by atoms with Gasteiger partial charge in [0.1, 0.15) is 5.82 Å². The van der Waals surface area contributed by atoms with E-state index in [1.807, 2.05) is 18.2 Å². The van der Waals surface area contributed by atoms with Crippen LogP contribution in [0.15, 0.2) is 42.5 Å². The van der Waals surface area contributed by atoms with Crippen molar-refractivity contribution in [2.75, 3.05) is 6.54 Å². The lowest BCUT2D eigenvalue weighted by Gasteiger charge is -2.36. The van der Waals surface area contributed by atoms with E-state index in [1.165, 1.54) is 4.90 Å². The second kappa shape index (κ2) is 7.19. The first-order valence-corrected chi connectivity index (χ1v) is 8.05. The number of rotatable bonds is 4. The molecule has 1 heterocycles. The third-order valence-corrected chi connectivity index (χ3v) is 4.62. The van der Waals surface area contributed by atoms with E-state index in [4.69, 9.17) is 0 Å². The van der Waals surface area contributed by atoms with Crippen LogP contribution >= 0.6 is 0 Å². The number of carboxylic acids is 1. The maximum Gasteiger partial charge on any atom is 0.308 e. The maximum absolute atomic E-state index is 14.1. The molecular formula is C19H16F3NO3. The number of halogens is 3. The van der Waals surface area contributed by atoms with Crippen LogP contribution in [0, 0.1) is 23.4 Å². The zero-order chi connectivity index (χ0) is 18.8. The van der Waals surface area contributed by atoms with Crippen LogP contribution in [0.3, 0.4) is 0 Å². The Morgan fingerprint density at radius 1 is 1.08 bits per heavy atom. The summed E-state index contributed by atoms with van der Waals surface area (Å²) in [7, 11) is 0. The SMILES string of the molecule is O=C(O)[C@@H]1CN(Cc2ccccc2)C(=O)C[C@H]1c1cc(F)c(F)cc1F. The number of likely N-dealkylation sites (tertiary alicyclic amines) is 1. The number of amides is 1. The maximum atomic E-state index is 14.1. The molecule has 2 aromatic carbocycles. The molecule has 26 heavy (non-hydrogen) atoms. The lowest BCUT2D eigenvalue weighted by atomic mass is 9.79. The second-order valence-electron chi connectivity index (χ2n) is 6.30. The summed E-state index contributed by atoms with van der Waals surface area (Å²) in [5, 5.41) is 9.53. The van der Waals surface area contributed by atoms with E-state index < -0.39 is 35.3 Å². The van der Waals surface area contributed by atoms with Crippen molar-refractivity contribution in [1.29, 1.82) is 0 Å². The molecule has 0 unspecified atom stereocenters. The minimum atomic E-state index is -1.36. The van der Waals surface area contributed by atoms with Crippen molar-refractivity contribution in [2.45, 2.75) is 18.9 Å². The molecule has 2 atom stereocenters. The third kappa shape index (κ3) is 3.56. The molecule has 1 amide bonds. The van der Waals surface area contributed by atoms with E-state index in [2.05, 4.69) is 0 Å². The number of hydrogen-bond acceptors (Lipinski definition) is 2. The molecule has 2 aromatic rings. The predicted octanol–water partition coefficient (Wildman–Crippen LogP) is 3.32. The number of carboxylic acid groups (broad SMARTS) is 1.